The SMILES string of the molecule is CC(C)c1nn(C)c(Cl)c1CN(C)CC(O)CN1CCOCC1. The Labute approximate surface area is 144 Å². The number of aliphatic hydroxyl groups is 1. The van der Waals surface area contributed by atoms with Gasteiger partial charge in [-0.2, -0.15) is 5.10 Å². The molecule has 1 aliphatic heterocycles. The lowest BCUT2D eigenvalue weighted by molar-refractivity contribution is 0.00823. The molecule has 1 saturated heterocycles. The topological polar surface area (TPSA) is 53.8 Å². The van der Waals surface area contributed by atoms with Crippen LogP contribution in [0.25, 0.3) is 0 Å². The highest BCUT2D eigenvalue weighted by Crippen LogP contribution is 2.26. The van der Waals surface area contributed by atoms with Crippen molar-refractivity contribution in [1.29, 1.82) is 0 Å². The number of hydrogen-bond donors (Lipinski definition) is 1. The Bertz CT molecular complexity index is 501. The van der Waals surface area contributed by atoms with E-state index in [4.69, 9.17) is 16.3 Å². The molecule has 7 heteroatoms. The molecule has 1 aromatic rings. The van der Waals surface area contributed by atoms with Crippen molar-refractivity contribution in [1.82, 2.24) is 19.6 Å². The van der Waals surface area contributed by atoms with E-state index in [9.17, 15) is 5.11 Å². The average Bonchev–Trinajstić information content (AvgIpc) is 2.76. The van der Waals surface area contributed by atoms with E-state index < -0.39 is 0 Å². The van der Waals surface area contributed by atoms with Crippen LogP contribution in [0.5, 0.6) is 0 Å². The van der Waals surface area contributed by atoms with E-state index in [1.54, 1.807) is 4.68 Å². The molecule has 0 aliphatic carbocycles. The molecule has 0 radical (unpaired) electrons. The summed E-state index contributed by atoms with van der Waals surface area (Å²) < 4.78 is 7.06. The molecule has 0 saturated carbocycles. The van der Waals surface area contributed by atoms with E-state index in [1.165, 1.54) is 0 Å². The van der Waals surface area contributed by atoms with E-state index in [-0.39, 0.29) is 6.10 Å². The van der Waals surface area contributed by atoms with Crippen LogP contribution in [0.3, 0.4) is 0 Å². The maximum absolute atomic E-state index is 10.3. The van der Waals surface area contributed by atoms with Crippen molar-refractivity contribution < 1.29 is 9.84 Å². The van der Waals surface area contributed by atoms with Gasteiger partial charge in [-0.05, 0) is 13.0 Å². The van der Waals surface area contributed by atoms with Gasteiger partial charge >= 0.3 is 0 Å². The lowest BCUT2D eigenvalue weighted by Crippen LogP contribution is -2.44. The summed E-state index contributed by atoms with van der Waals surface area (Å²) in [5.74, 6) is 0.329. The maximum atomic E-state index is 10.3. The van der Waals surface area contributed by atoms with E-state index >= 15 is 0 Å². The zero-order chi connectivity index (χ0) is 17.0. The number of likely N-dealkylation sites (N-methyl/N-ethyl adjacent to an activating group) is 1. The smallest absolute Gasteiger partial charge is 0.131 e. The van der Waals surface area contributed by atoms with Crippen molar-refractivity contribution >= 4 is 11.6 Å². The molecule has 2 rings (SSSR count). The number of morpholine rings is 1. The molecule has 0 amide bonds. The largest absolute Gasteiger partial charge is 0.390 e. The molecule has 1 atom stereocenters. The highest BCUT2D eigenvalue weighted by Gasteiger charge is 2.21. The molecular formula is C16H29ClN4O2. The van der Waals surface area contributed by atoms with Crippen molar-refractivity contribution in [2.45, 2.75) is 32.4 Å². The number of aromatic nitrogens is 2. The van der Waals surface area contributed by atoms with Crippen molar-refractivity contribution in [3.05, 3.63) is 16.4 Å². The fourth-order valence-corrected chi connectivity index (χ4v) is 3.21. The number of β-amino-alcohol motifs (C(OH)–C–C–N with tert-alkyl or cyclic N) is 1. The van der Waals surface area contributed by atoms with Crippen molar-refractivity contribution in [3.63, 3.8) is 0 Å². The molecule has 23 heavy (non-hydrogen) atoms. The Morgan fingerprint density at radius 1 is 1.35 bits per heavy atom. The molecule has 1 aromatic heterocycles. The Balaban J connectivity index is 1.90. The number of aryl methyl sites for hydroxylation is 1. The lowest BCUT2D eigenvalue weighted by Gasteiger charge is -2.30. The van der Waals surface area contributed by atoms with Gasteiger partial charge in [0.15, 0.2) is 0 Å². The van der Waals surface area contributed by atoms with Crippen molar-refractivity contribution in [2.75, 3.05) is 46.4 Å². The monoisotopic (exact) mass is 344 g/mol. The van der Waals surface area contributed by atoms with Gasteiger partial charge in [0.25, 0.3) is 0 Å². The zero-order valence-corrected chi connectivity index (χ0v) is 15.4. The summed E-state index contributed by atoms with van der Waals surface area (Å²) in [6.07, 6.45) is -0.379. The van der Waals surface area contributed by atoms with Crippen molar-refractivity contribution in [2.24, 2.45) is 7.05 Å². The van der Waals surface area contributed by atoms with Crippen LogP contribution < -0.4 is 0 Å². The highest BCUT2D eigenvalue weighted by molar-refractivity contribution is 6.30. The number of nitrogens with zero attached hydrogens (tertiary/aromatic N) is 4. The summed E-state index contributed by atoms with van der Waals surface area (Å²) in [6, 6.07) is 0. The zero-order valence-electron chi connectivity index (χ0n) is 14.6. The van der Waals surface area contributed by atoms with Gasteiger partial charge in [-0.15, -0.1) is 0 Å². The number of rotatable bonds is 7. The minimum atomic E-state index is -0.379. The van der Waals surface area contributed by atoms with Gasteiger partial charge in [0.1, 0.15) is 5.15 Å². The van der Waals surface area contributed by atoms with Crippen LogP contribution in [0.15, 0.2) is 0 Å². The van der Waals surface area contributed by atoms with Gasteiger partial charge in [-0.3, -0.25) is 14.5 Å². The van der Waals surface area contributed by atoms with Gasteiger partial charge in [-0.25, -0.2) is 0 Å². The Kier molecular flexibility index (Phi) is 6.85. The summed E-state index contributed by atoms with van der Waals surface area (Å²) in [5, 5.41) is 15.5. The molecule has 132 valence electrons. The minimum absolute atomic E-state index is 0.329. The van der Waals surface area contributed by atoms with Crippen LogP contribution in [0, 0.1) is 0 Å². The molecule has 1 N–H and O–H groups in total. The third-order valence-electron chi connectivity index (χ3n) is 4.17. The second-order valence-corrected chi connectivity index (χ2v) is 7.05. The summed E-state index contributed by atoms with van der Waals surface area (Å²) in [6.45, 7) is 9.54. The summed E-state index contributed by atoms with van der Waals surface area (Å²) in [4.78, 5) is 4.36. The number of ether oxygens (including phenoxy) is 1. The van der Waals surface area contributed by atoms with Gasteiger partial charge in [0.05, 0.1) is 25.0 Å². The van der Waals surface area contributed by atoms with Crippen molar-refractivity contribution in [3.8, 4) is 0 Å². The predicted octanol–water partition coefficient (Wildman–Crippen LogP) is 1.32. The average molecular weight is 345 g/mol. The van der Waals surface area contributed by atoms with E-state index in [0.29, 0.717) is 30.7 Å². The normalized spacial score (nSPS) is 18.1. The number of aliphatic hydroxyl groups excluding tert-OH is 1. The van der Waals surface area contributed by atoms with E-state index in [0.717, 1.165) is 37.6 Å². The third-order valence-corrected chi connectivity index (χ3v) is 4.64. The van der Waals surface area contributed by atoms with Crippen LogP contribution in [0.1, 0.15) is 31.0 Å². The molecule has 1 unspecified atom stereocenters. The number of hydrogen-bond acceptors (Lipinski definition) is 5. The first kappa shape index (κ1) is 18.7. The predicted molar refractivity (Wildman–Crippen MR) is 91.9 cm³/mol. The standard InChI is InChI=1S/C16H29ClN4O2/c1-12(2)15-14(16(17)20(4)18-15)11-19(3)9-13(22)10-21-5-7-23-8-6-21/h12-13,22H,5-11H2,1-4H3. The molecule has 1 fully saturated rings. The van der Waals surface area contributed by atoms with Gasteiger partial charge < -0.3 is 9.84 Å². The lowest BCUT2D eigenvalue weighted by atomic mass is 10.1. The molecule has 6 nitrogen and oxygen atoms in total. The molecule has 2 heterocycles. The Hall–Kier alpha value is -0.660. The van der Waals surface area contributed by atoms with Gasteiger partial charge in [0, 0.05) is 45.3 Å². The van der Waals surface area contributed by atoms with Crippen LogP contribution in [0.2, 0.25) is 5.15 Å². The second-order valence-electron chi connectivity index (χ2n) is 6.70. The fourth-order valence-electron chi connectivity index (χ4n) is 3.01. The minimum Gasteiger partial charge on any atom is -0.390 e. The summed E-state index contributed by atoms with van der Waals surface area (Å²) >= 11 is 6.38. The van der Waals surface area contributed by atoms with Crippen LogP contribution in [-0.4, -0.2) is 77.2 Å². The molecule has 0 spiro atoms. The van der Waals surface area contributed by atoms with Crippen LogP contribution in [-0.2, 0) is 18.3 Å². The van der Waals surface area contributed by atoms with Crippen LogP contribution >= 0.6 is 11.6 Å². The Morgan fingerprint density at radius 3 is 2.61 bits per heavy atom. The summed E-state index contributed by atoms with van der Waals surface area (Å²) in [5.41, 5.74) is 2.09. The first-order chi connectivity index (χ1) is 10.9. The summed E-state index contributed by atoms with van der Waals surface area (Å²) in [7, 11) is 3.88. The highest BCUT2D eigenvalue weighted by atomic mass is 35.5. The van der Waals surface area contributed by atoms with Crippen LogP contribution in [0.4, 0.5) is 0 Å². The molecule has 0 bridgehead atoms. The third kappa shape index (κ3) is 5.16. The molecule has 0 aromatic carbocycles. The fraction of sp³-hybridized carbons (Fsp3) is 0.812. The maximum Gasteiger partial charge on any atom is 0.131 e. The quantitative estimate of drug-likeness (QED) is 0.808. The Morgan fingerprint density at radius 2 is 2.00 bits per heavy atom. The van der Waals surface area contributed by atoms with E-state index in [1.807, 2.05) is 14.1 Å². The molecule has 1 aliphatic rings. The van der Waals surface area contributed by atoms with Gasteiger partial charge in [0.2, 0.25) is 0 Å². The first-order valence-corrected chi connectivity index (χ1v) is 8.64. The first-order valence-electron chi connectivity index (χ1n) is 8.26. The molecular weight excluding hydrogens is 316 g/mol. The second kappa shape index (κ2) is 8.44. The van der Waals surface area contributed by atoms with E-state index in [2.05, 4.69) is 28.7 Å². The number of halogens is 1. The van der Waals surface area contributed by atoms with Gasteiger partial charge in [-0.1, -0.05) is 25.4 Å².